The van der Waals surface area contributed by atoms with E-state index >= 15 is 0 Å². The minimum absolute atomic E-state index is 0.178. The molecule has 0 saturated carbocycles. The Morgan fingerprint density at radius 3 is 0.917 bits per heavy atom. The molecule has 4 aromatic carbocycles. The summed E-state index contributed by atoms with van der Waals surface area (Å²) < 4.78 is 0. The number of rotatable bonds is 11. The molecule has 0 spiro atoms. The lowest BCUT2D eigenvalue weighted by Gasteiger charge is -2.25. The zero-order valence-corrected chi connectivity index (χ0v) is 19.7. The van der Waals surface area contributed by atoms with Crippen molar-refractivity contribution in [1.82, 2.24) is 0 Å². The van der Waals surface area contributed by atoms with Gasteiger partial charge in [0.05, 0.1) is 0 Å². The van der Waals surface area contributed by atoms with Crippen LogP contribution >= 0.6 is 0 Å². The highest BCUT2D eigenvalue weighted by molar-refractivity contribution is 6.10. The third kappa shape index (κ3) is 5.97. The van der Waals surface area contributed by atoms with Gasteiger partial charge in [-0.05, 0) is 0 Å². The predicted molar refractivity (Wildman–Crippen MR) is 139 cm³/mol. The third-order valence-corrected chi connectivity index (χ3v) is 6.28. The van der Waals surface area contributed by atoms with E-state index < -0.39 is 11.8 Å². The number of carbonyl (C=O) groups excluding carboxylic acids is 4. The topological polar surface area (TPSA) is 68.3 Å². The molecule has 0 aromatic heterocycles. The zero-order valence-electron chi connectivity index (χ0n) is 19.7. The average molecular weight is 475 g/mol. The van der Waals surface area contributed by atoms with Gasteiger partial charge in [0.1, 0.15) is 0 Å². The third-order valence-electron chi connectivity index (χ3n) is 6.28. The Hall–Kier alpha value is -4.44. The van der Waals surface area contributed by atoms with Gasteiger partial charge in [-0.15, -0.1) is 0 Å². The van der Waals surface area contributed by atoms with E-state index in [4.69, 9.17) is 0 Å². The van der Waals surface area contributed by atoms with Crippen LogP contribution in [0.4, 0.5) is 0 Å². The number of hydrogen-bond acceptors (Lipinski definition) is 4. The summed E-state index contributed by atoms with van der Waals surface area (Å²) in [4.78, 5) is 54.1. The Morgan fingerprint density at radius 1 is 0.389 bits per heavy atom. The van der Waals surface area contributed by atoms with Gasteiger partial charge in [-0.2, -0.15) is 0 Å². The Kier molecular flexibility index (Phi) is 8.09. The van der Waals surface area contributed by atoms with Gasteiger partial charge < -0.3 is 0 Å². The van der Waals surface area contributed by atoms with Gasteiger partial charge in [0.2, 0.25) is 0 Å². The molecule has 0 aliphatic carbocycles. The Labute approximate surface area is 210 Å². The van der Waals surface area contributed by atoms with Gasteiger partial charge in [0.15, 0.2) is 23.1 Å². The van der Waals surface area contributed by atoms with Crippen molar-refractivity contribution >= 4 is 23.1 Å². The summed E-state index contributed by atoms with van der Waals surface area (Å²) in [7, 11) is 0. The van der Waals surface area contributed by atoms with Crippen LogP contribution in [0.3, 0.4) is 0 Å². The van der Waals surface area contributed by atoms with Crippen LogP contribution in [0.25, 0.3) is 0 Å². The maximum absolute atomic E-state index is 13.8. The molecule has 0 unspecified atom stereocenters. The minimum atomic E-state index is -1.000. The molecule has 0 radical (unpaired) electrons. The molecular weight excluding hydrogens is 448 g/mol. The lowest BCUT2D eigenvalue weighted by molar-refractivity contribution is 0.0694. The van der Waals surface area contributed by atoms with Crippen molar-refractivity contribution in [3.63, 3.8) is 0 Å². The van der Waals surface area contributed by atoms with E-state index in [0.717, 1.165) is 0 Å². The summed E-state index contributed by atoms with van der Waals surface area (Å²) in [6, 6.07) is 34.7. The molecule has 4 heteroatoms. The van der Waals surface area contributed by atoms with E-state index in [1.165, 1.54) is 0 Å². The van der Waals surface area contributed by atoms with E-state index in [-0.39, 0.29) is 36.0 Å². The molecule has 0 bridgehead atoms. The molecule has 4 nitrogen and oxygen atoms in total. The molecule has 0 aliphatic rings. The molecule has 4 aromatic rings. The van der Waals surface area contributed by atoms with Crippen molar-refractivity contribution in [2.24, 2.45) is 11.8 Å². The summed E-state index contributed by atoms with van der Waals surface area (Å²) in [6.45, 7) is 0. The van der Waals surface area contributed by atoms with Crippen molar-refractivity contribution < 1.29 is 19.2 Å². The number of Topliss-reactive ketones (excluding diaryl/α,β-unsaturated/α-hetero) is 4. The maximum Gasteiger partial charge on any atom is 0.167 e. The van der Waals surface area contributed by atoms with Crippen LogP contribution in [0.1, 0.15) is 54.3 Å². The Bertz CT molecular complexity index is 1220. The lowest BCUT2D eigenvalue weighted by atomic mass is 9.75. The average Bonchev–Trinajstić information content (AvgIpc) is 2.95. The Balaban J connectivity index is 1.76. The predicted octanol–water partition coefficient (Wildman–Crippen LogP) is 6.53. The molecule has 36 heavy (non-hydrogen) atoms. The van der Waals surface area contributed by atoms with Gasteiger partial charge in [0, 0.05) is 46.9 Å². The number of ketones is 4. The second kappa shape index (κ2) is 11.8. The highest BCUT2D eigenvalue weighted by Crippen LogP contribution is 2.30. The van der Waals surface area contributed by atoms with Crippen molar-refractivity contribution in [2.45, 2.75) is 12.8 Å². The minimum Gasteiger partial charge on any atom is -0.294 e. The molecule has 4 rings (SSSR count). The van der Waals surface area contributed by atoms with Crippen LogP contribution in [-0.2, 0) is 0 Å². The normalized spacial score (nSPS) is 12.3. The molecule has 0 aliphatic heterocycles. The van der Waals surface area contributed by atoms with E-state index in [2.05, 4.69) is 0 Å². The Morgan fingerprint density at radius 2 is 0.639 bits per heavy atom. The van der Waals surface area contributed by atoms with Crippen molar-refractivity contribution in [3.05, 3.63) is 144 Å². The van der Waals surface area contributed by atoms with Crippen LogP contribution in [0.2, 0.25) is 0 Å². The highest BCUT2D eigenvalue weighted by atomic mass is 16.1. The quantitative estimate of drug-likeness (QED) is 0.232. The first-order chi connectivity index (χ1) is 17.5. The highest BCUT2D eigenvalue weighted by Gasteiger charge is 2.37. The van der Waals surface area contributed by atoms with Crippen molar-refractivity contribution in [3.8, 4) is 0 Å². The number of carbonyl (C=O) groups is 4. The molecule has 0 heterocycles. The monoisotopic (exact) mass is 474 g/mol. The first kappa shape index (κ1) is 24.7. The van der Waals surface area contributed by atoms with E-state index in [1.54, 1.807) is 109 Å². The van der Waals surface area contributed by atoms with Crippen molar-refractivity contribution in [1.29, 1.82) is 0 Å². The van der Waals surface area contributed by atoms with E-state index in [1.807, 2.05) is 12.1 Å². The summed E-state index contributed by atoms with van der Waals surface area (Å²) in [6.07, 6.45) is -0.355. The molecular formula is C32H26O4. The molecule has 0 fully saturated rings. The molecule has 0 amide bonds. The molecule has 2 atom stereocenters. The van der Waals surface area contributed by atoms with E-state index in [9.17, 15) is 19.2 Å². The SMILES string of the molecule is O=C(C[C@H](C(=O)c1ccccc1)[C@H](CC(=O)c1ccccc1)C(=O)c1ccccc1)c1ccccc1. The van der Waals surface area contributed by atoms with Crippen molar-refractivity contribution in [2.75, 3.05) is 0 Å². The van der Waals surface area contributed by atoms with Gasteiger partial charge in [0.25, 0.3) is 0 Å². The number of hydrogen-bond donors (Lipinski definition) is 0. The van der Waals surface area contributed by atoms with Crippen LogP contribution in [0.15, 0.2) is 121 Å². The van der Waals surface area contributed by atoms with Crippen LogP contribution in [-0.4, -0.2) is 23.1 Å². The summed E-state index contributed by atoms with van der Waals surface area (Å²) in [5.41, 5.74) is 1.73. The van der Waals surface area contributed by atoms with Crippen LogP contribution in [0.5, 0.6) is 0 Å². The number of benzene rings is 4. The second-order valence-electron chi connectivity index (χ2n) is 8.66. The standard InChI is InChI=1S/C32H26O4/c33-29(23-13-5-1-6-14-23)21-27(31(35)25-17-9-3-10-18-25)28(32(36)26-19-11-4-12-20-26)22-30(34)24-15-7-2-8-16-24/h1-20,27-28H,21-22H2/t27-,28-/m0/s1. The van der Waals surface area contributed by atoms with E-state index in [0.29, 0.717) is 22.3 Å². The fourth-order valence-corrected chi connectivity index (χ4v) is 4.35. The maximum atomic E-state index is 13.8. The van der Waals surface area contributed by atoms with Crippen LogP contribution in [0, 0.1) is 11.8 Å². The summed E-state index contributed by atoms with van der Waals surface area (Å²) in [5.74, 6) is -3.14. The van der Waals surface area contributed by atoms with Crippen LogP contribution < -0.4 is 0 Å². The molecule has 0 saturated heterocycles. The summed E-state index contributed by atoms with van der Waals surface area (Å²) >= 11 is 0. The van der Waals surface area contributed by atoms with Gasteiger partial charge in [-0.25, -0.2) is 0 Å². The van der Waals surface area contributed by atoms with Gasteiger partial charge in [-0.3, -0.25) is 19.2 Å². The second-order valence-corrected chi connectivity index (χ2v) is 8.66. The molecule has 0 N–H and O–H groups in total. The van der Waals surface area contributed by atoms with Gasteiger partial charge in [-0.1, -0.05) is 121 Å². The van der Waals surface area contributed by atoms with Gasteiger partial charge >= 0.3 is 0 Å². The molecule has 178 valence electrons. The fraction of sp³-hybridized carbons (Fsp3) is 0.125. The zero-order chi connectivity index (χ0) is 25.3. The summed E-state index contributed by atoms with van der Waals surface area (Å²) in [5, 5.41) is 0. The lowest BCUT2D eigenvalue weighted by Crippen LogP contribution is -2.34. The first-order valence-electron chi connectivity index (χ1n) is 11.9. The first-order valence-corrected chi connectivity index (χ1v) is 11.9. The largest absolute Gasteiger partial charge is 0.294 e. The smallest absolute Gasteiger partial charge is 0.167 e. The fourth-order valence-electron chi connectivity index (χ4n) is 4.35.